The molecule has 21 heavy (non-hydrogen) atoms. The van der Waals surface area contributed by atoms with Crippen LogP contribution in [0.5, 0.6) is 0 Å². The molecule has 0 fully saturated rings. The predicted molar refractivity (Wildman–Crippen MR) is 73.4 cm³/mol. The first-order chi connectivity index (χ1) is 9.81. The van der Waals surface area contributed by atoms with Crippen molar-refractivity contribution in [1.82, 2.24) is 4.98 Å². The summed E-state index contributed by atoms with van der Waals surface area (Å²) < 4.78 is 39.8. The predicted octanol–water partition coefficient (Wildman–Crippen LogP) is 2.37. The average molecular weight is 331 g/mol. The van der Waals surface area contributed by atoms with Crippen LogP contribution in [0.25, 0.3) is 0 Å². The number of rotatable bonds is 4. The molecule has 0 unspecified atom stereocenters. The molecule has 9 heteroatoms. The quantitative estimate of drug-likeness (QED) is 0.897. The summed E-state index contributed by atoms with van der Waals surface area (Å²) in [5.41, 5.74) is -0.749. The maximum absolute atomic E-state index is 13.6. The van der Waals surface area contributed by atoms with Crippen LogP contribution in [0.1, 0.15) is 10.4 Å². The van der Waals surface area contributed by atoms with Gasteiger partial charge in [0.15, 0.2) is 0 Å². The Morgan fingerprint density at radius 2 is 2.05 bits per heavy atom. The number of hydrogen-bond donors (Lipinski definition) is 2. The number of nitrogens with zero attached hydrogens (tertiary/aromatic N) is 1. The van der Waals surface area contributed by atoms with Crippen LogP contribution in [0, 0.1) is 5.82 Å². The van der Waals surface area contributed by atoms with E-state index in [-0.39, 0.29) is 15.5 Å². The molecule has 0 bridgehead atoms. The number of anilines is 1. The van der Waals surface area contributed by atoms with Gasteiger partial charge in [0, 0.05) is 12.4 Å². The molecule has 1 aromatic carbocycles. The summed E-state index contributed by atoms with van der Waals surface area (Å²) in [6, 6.07) is 4.01. The lowest BCUT2D eigenvalue weighted by atomic mass is 10.2. The van der Waals surface area contributed by atoms with Crippen LogP contribution in [0.3, 0.4) is 0 Å². The first-order valence-electron chi connectivity index (χ1n) is 5.46. The van der Waals surface area contributed by atoms with Crippen molar-refractivity contribution < 1.29 is 22.7 Å². The molecule has 0 atom stereocenters. The van der Waals surface area contributed by atoms with Gasteiger partial charge in [-0.3, -0.25) is 9.71 Å². The van der Waals surface area contributed by atoms with Crippen molar-refractivity contribution in [2.75, 3.05) is 4.72 Å². The minimum Gasteiger partial charge on any atom is -0.478 e. The lowest BCUT2D eigenvalue weighted by molar-refractivity contribution is 0.0697. The van der Waals surface area contributed by atoms with Crippen LogP contribution in [-0.2, 0) is 10.0 Å². The van der Waals surface area contributed by atoms with Gasteiger partial charge in [-0.1, -0.05) is 11.6 Å². The number of carboxylic acids is 1. The third kappa shape index (κ3) is 3.29. The highest BCUT2D eigenvalue weighted by Crippen LogP contribution is 2.24. The Hall–Kier alpha value is -2.19. The second-order valence-electron chi connectivity index (χ2n) is 3.91. The minimum absolute atomic E-state index is 0.0905. The molecule has 1 heterocycles. The second-order valence-corrected chi connectivity index (χ2v) is 5.97. The van der Waals surface area contributed by atoms with Gasteiger partial charge in [-0.25, -0.2) is 17.6 Å². The first kappa shape index (κ1) is 15.2. The van der Waals surface area contributed by atoms with Crippen molar-refractivity contribution in [3.8, 4) is 0 Å². The minimum atomic E-state index is -4.19. The van der Waals surface area contributed by atoms with Crippen molar-refractivity contribution in [3.63, 3.8) is 0 Å². The zero-order valence-corrected chi connectivity index (χ0v) is 11.8. The number of benzene rings is 1. The zero-order chi connectivity index (χ0) is 15.6. The summed E-state index contributed by atoms with van der Waals surface area (Å²) in [7, 11) is -4.19. The van der Waals surface area contributed by atoms with Crippen LogP contribution >= 0.6 is 11.6 Å². The molecule has 0 spiro atoms. The highest BCUT2D eigenvalue weighted by atomic mass is 35.5. The molecule has 0 radical (unpaired) electrons. The smallest absolute Gasteiger partial charge is 0.335 e. The van der Waals surface area contributed by atoms with Gasteiger partial charge < -0.3 is 5.11 Å². The molecule has 110 valence electrons. The summed E-state index contributed by atoms with van der Waals surface area (Å²) >= 11 is 5.75. The fourth-order valence-electron chi connectivity index (χ4n) is 1.50. The Labute approximate surface area is 124 Å². The van der Waals surface area contributed by atoms with Crippen molar-refractivity contribution in [2.45, 2.75) is 4.90 Å². The SMILES string of the molecule is O=C(O)c1ccc(F)c(NS(=O)(=O)c2cnccc2Cl)c1. The Balaban J connectivity index is 2.44. The molecular formula is C12H8ClFN2O4S. The van der Waals surface area contributed by atoms with Gasteiger partial charge in [-0.05, 0) is 24.3 Å². The molecular weight excluding hydrogens is 323 g/mol. The summed E-state index contributed by atoms with van der Waals surface area (Å²) in [6.45, 7) is 0. The van der Waals surface area contributed by atoms with E-state index in [0.29, 0.717) is 0 Å². The summed E-state index contributed by atoms with van der Waals surface area (Å²) in [5, 5.41) is 8.74. The molecule has 2 N–H and O–H groups in total. The standard InChI is InChI=1S/C12H8ClFN2O4S/c13-8-3-4-15-6-11(8)21(19,20)16-10-5-7(12(17)18)1-2-9(10)14/h1-6,16H,(H,17,18). The highest BCUT2D eigenvalue weighted by Gasteiger charge is 2.20. The van der Waals surface area contributed by atoms with E-state index in [1.54, 1.807) is 0 Å². The van der Waals surface area contributed by atoms with E-state index in [0.717, 1.165) is 24.4 Å². The molecule has 0 amide bonds. The molecule has 0 aliphatic carbocycles. The summed E-state index contributed by atoms with van der Waals surface area (Å²) in [5.74, 6) is -2.22. The fraction of sp³-hybridized carbons (Fsp3) is 0. The van der Waals surface area contributed by atoms with Crippen LogP contribution in [0.4, 0.5) is 10.1 Å². The largest absolute Gasteiger partial charge is 0.478 e. The van der Waals surface area contributed by atoms with E-state index < -0.39 is 27.5 Å². The number of carbonyl (C=O) groups is 1. The van der Waals surface area contributed by atoms with Gasteiger partial charge in [0.05, 0.1) is 16.3 Å². The van der Waals surface area contributed by atoms with Crippen LogP contribution in [0.2, 0.25) is 5.02 Å². The van der Waals surface area contributed by atoms with E-state index in [1.165, 1.54) is 12.3 Å². The van der Waals surface area contributed by atoms with Crippen molar-refractivity contribution in [2.24, 2.45) is 0 Å². The number of halogens is 2. The van der Waals surface area contributed by atoms with Crippen LogP contribution in [-0.4, -0.2) is 24.5 Å². The van der Waals surface area contributed by atoms with Gasteiger partial charge in [0.1, 0.15) is 10.7 Å². The van der Waals surface area contributed by atoms with Gasteiger partial charge in [0.2, 0.25) is 0 Å². The van der Waals surface area contributed by atoms with Crippen molar-refractivity contribution in [3.05, 3.63) is 53.1 Å². The Bertz CT molecular complexity index is 811. The number of nitrogens with one attached hydrogen (secondary N) is 1. The maximum Gasteiger partial charge on any atom is 0.335 e. The van der Waals surface area contributed by atoms with E-state index in [2.05, 4.69) is 4.98 Å². The summed E-state index contributed by atoms with van der Waals surface area (Å²) in [4.78, 5) is 14.1. The number of carboxylic acid groups (broad SMARTS) is 1. The number of aromatic carboxylic acids is 1. The lowest BCUT2D eigenvalue weighted by Crippen LogP contribution is -2.15. The summed E-state index contributed by atoms with van der Waals surface area (Å²) in [6.07, 6.45) is 2.30. The van der Waals surface area contributed by atoms with Crippen molar-refractivity contribution >= 4 is 33.3 Å². The normalized spacial score (nSPS) is 11.1. The Kier molecular flexibility index (Phi) is 4.10. The maximum atomic E-state index is 13.6. The van der Waals surface area contributed by atoms with E-state index >= 15 is 0 Å². The van der Waals surface area contributed by atoms with Gasteiger partial charge in [-0.2, -0.15) is 0 Å². The van der Waals surface area contributed by atoms with Crippen molar-refractivity contribution in [1.29, 1.82) is 0 Å². The van der Waals surface area contributed by atoms with Crippen LogP contribution < -0.4 is 4.72 Å². The Morgan fingerprint density at radius 1 is 1.33 bits per heavy atom. The molecule has 0 aliphatic rings. The third-order valence-corrected chi connectivity index (χ3v) is 4.32. The number of aromatic nitrogens is 1. The molecule has 6 nitrogen and oxygen atoms in total. The second kappa shape index (κ2) is 5.66. The zero-order valence-electron chi connectivity index (χ0n) is 10.2. The third-order valence-electron chi connectivity index (χ3n) is 2.48. The number of sulfonamides is 1. The number of pyridine rings is 1. The van der Waals surface area contributed by atoms with E-state index in [9.17, 15) is 17.6 Å². The monoisotopic (exact) mass is 330 g/mol. The van der Waals surface area contributed by atoms with E-state index in [1.807, 2.05) is 4.72 Å². The average Bonchev–Trinajstić information content (AvgIpc) is 2.41. The Morgan fingerprint density at radius 3 is 2.67 bits per heavy atom. The molecule has 0 aliphatic heterocycles. The van der Waals surface area contributed by atoms with Gasteiger partial charge in [0.25, 0.3) is 10.0 Å². The highest BCUT2D eigenvalue weighted by molar-refractivity contribution is 7.92. The molecule has 1 aromatic heterocycles. The molecule has 0 saturated heterocycles. The molecule has 0 saturated carbocycles. The topological polar surface area (TPSA) is 96.4 Å². The van der Waals surface area contributed by atoms with Gasteiger partial charge >= 0.3 is 5.97 Å². The fourth-order valence-corrected chi connectivity index (χ4v) is 2.99. The molecule has 2 rings (SSSR count). The van der Waals surface area contributed by atoms with E-state index in [4.69, 9.17) is 16.7 Å². The molecule has 2 aromatic rings. The lowest BCUT2D eigenvalue weighted by Gasteiger charge is -2.10. The number of hydrogen-bond acceptors (Lipinski definition) is 4. The van der Waals surface area contributed by atoms with Crippen LogP contribution in [0.15, 0.2) is 41.6 Å². The first-order valence-corrected chi connectivity index (χ1v) is 7.32. The van der Waals surface area contributed by atoms with Gasteiger partial charge in [-0.15, -0.1) is 0 Å².